The number of hydrogen-bond acceptors (Lipinski definition) is 6. The number of benzene rings is 2. The Bertz CT molecular complexity index is 1050. The van der Waals surface area contributed by atoms with Crippen LogP contribution in [0.15, 0.2) is 54.1 Å². The van der Waals surface area contributed by atoms with Gasteiger partial charge in [-0.3, -0.25) is 10.1 Å². The van der Waals surface area contributed by atoms with Crippen molar-refractivity contribution in [2.24, 2.45) is 0 Å². The van der Waals surface area contributed by atoms with Crippen LogP contribution in [0.4, 0.5) is 5.13 Å². The summed E-state index contributed by atoms with van der Waals surface area (Å²) in [6, 6.07) is 16.8. The van der Waals surface area contributed by atoms with E-state index >= 15 is 0 Å². The van der Waals surface area contributed by atoms with Crippen molar-refractivity contribution >= 4 is 28.5 Å². The molecule has 1 amide bonds. The minimum absolute atomic E-state index is 0.0271. The molecule has 0 spiro atoms. The first-order valence-electron chi connectivity index (χ1n) is 8.67. The van der Waals surface area contributed by atoms with Crippen LogP contribution < -0.4 is 10.1 Å². The lowest BCUT2D eigenvalue weighted by atomic mass is 10.1. The van der Waals surface area contributed by atoms with Gasteiger partial charge in [-0.05, 0) is 49.2 Å². The molecule has 0 fully saturated rings. The van der Waals surface area contributed by atoms with Gasteiger partial charge in [0.1, 0.15) is 28.1 Å². The zero-order chi connectivity index (χ0) is 19.9. The Kier molecular flexibility index (Phi) is 6.14. The number of nitrogens with one attached hydrogen (secondary N) is 1. The summed E-state index contributed by atoms with van der Waals surface area (Å²) in [6.45, 7) is 3.97. The molecule has 0 unspecified atom stereocenters. The third-order valence-corrected chi connectivity index (χ3v) is 4.76. The van der Waals surface area contributed by atoms with Crippen molar-refractivity contribution in [2.45, 2.75) is 20.3 Å². The highest BCUT2D eigenvalue weighted by Crippen LogP contribution is 2.24. The summed E-state index contributed by atoms with van der Waals surface area (Å²) in [5.74, 6) is 0.811. The molecule has 1 aromatic heterocycles. The number of aromatic nitrogens is 2. The van der Waals surface area contributed by atoms with Gasteiger partial charge in [-0.1, -0.05) is 48.1 Å². The van der Waals surface area contributed by atoms with E-state index < -0.39 is 5.91 Å². The molecule has 0 atom stereocenters. The third kappa shape index (κ3) is 5.02. The normalized spacial score (nSPS) is 11.0. The summed E-state index contributed by atoms with van der Waals surface area (Å²) in [5.41, 5.74) is 1.80. The quantitative estimate of drug-likeness (QED) is 0.485. The van der Waals surface area contributed by atoms with E-state index in [0.717, 1.165) is 17.0 Å². The van der Waals surface area contributed by atoms with Gasteiger partial charge in [0, 0.05) is 0 Å². The average Bonchev–Trinajstić information content (AvgIpc) is 3.15. The largest absolute Gasteiger partial charge is 0.457 e. The van der Waals surface area contributed by atoms with Crippen LogP contribution in [0, 0.1) is 18.3 Å². The van der Waals surface area contributed by atoms with Gasteiger partial charge in [0.25, 0.3) is 5.91 Å². The van der Waals surface area contributed by atoms with Crippen LogP contribution in [0.25, 0.3) is 6.08 Å². The molecule has 1 N–H and O–H groups in total. The Morgan fingerprint density at radius 3 is 2.68 bits per heavy atom. The third-order valence-electron chi connectivity index (χ3n) is 3.78. The van der Waals surface area contributed by atoms with Crippen molar-refractivity contribution in [3.05, 3.63) is 70.2 Å². The lowest BCUT2D eigenvalue weighted by molar-refractivity contribution is -0.112. The Hall–Kier alpha value is -3.50. The second kappa shape index (κ2) is 8.93. The van der Waals surface area contributed by atoms with Gasteiger partial charge in [-0.15, -0.1) is 10.2 Å². The molecule has 140 valence electrons. The Labute approximate surface area is 167 Å². The van der Waals surface area contributed by atoms with E-state index in [1.807, 2.05) is 50.2 Å². The molecule has 0 radical (unpaired) electrons. The Morgan fingerprint density at radius 2 is 2.00 bits per heavy atom. The summed E-state index contributed by atoms with van der Waals surface area (Å²) in [6.07, 6.45) is 2.25. The fourth-order valence-electron chi connectivity index (χ4n) is 2.34. The molecule has 3 aromatic rings. The molecule has 0 bridgehead atoms. The molecule has 0 saturated heterocycles. The maximum absolute atomic E-state index is 12.4. The number of rotatable bonds is 6. The van der Waals surface area contributed by atoms with Crippen molar-refractivity contribution < 1.29 is 9.53 Å². The number of anilines is 1. The van der Waals surface area contributed by atoms with E-state index in [1.54, 1.807) is 18.2 Å². The Morgan fingerprint density at radius 1 is 1.21 bits per heavy atom. The van der Waals surface area contributed by atoms with Crippen LogP contribution in [0.1, 0.15) is 23.1 Å². The molecule has 7 heteroatoms. The van der Waals surface area contributed by atoms with E-state index in [2.05, 4.69) is 15.5 Å². The van der Waals surface area contributed by atoms with E-state index in [1.165, 1.54) is 17.4 Å². The number of nitrogens with zero attached hydrogens (tertiary/aromatic N) is 3. The molecule has 28 heavy (non-hydrogen) atoms. The van der Waals surface area contributed by atoms with Crippen molar-refractivity contribution in [3.63, 3.8) is 0 Å². The van der Waals surface area contributed by atoms with E-state index in [9.17, 15) is 10.1 Å². The number of carbonyl (C=O) groups is 1. The standard InChI is InChI=1S/C21H18N4O2S/c1-3-19-24-25-21(28-19)23-20(26)16(13-22)11-15-5-4-6-18(12-15)27-17-9-7-14(2)8-10-17/h4-12H,3H2,1-2H3,(H,23,25,26)/b16-11+. The van der Waals surface area contributed by atoms with Crippen molar-refractivity contribution in [1.82, 2.24) is 10.2 Å². The fourth-order valence-corrected chi connectivity index (χ4v) is 3.01. The van der Waals surface area contributed by atoms with Crippen LogP contribution >= 0.6 is 11.3 Å². The second-order valence-electron chi connectivity index (χ2n) is 5.97. The van der Waals surface area contributed by atoms with Gasteiger partial charge in [-0.25, -0.2) is 0 Å². The summed E-state index contributed by atoms with van der Waals surface area (Å²) in [7, 11) is 0. The van der Waals surface area contributed by atoms with Crippen LogP contribution in [0.2, 0.25) is 0 Å². The first-order valence-corrected chi connectivity index (χ1v) is 9.49. The number of amides is 1. The average molecular weight is 390 g/mol. The summed E-state index contributed by atoms with van der Waals surface area (Å²) in [4.78, 5) is 12.4. The highest BCUT2D eigenvalue weighted by molar-refractivity contribution is 7.15. The molecule has 0 saturated carbocycles. The van der Waals surface area contributed by atoms with Crippen LogP contribution in [-0.2, 0) is 11.2 Å². The number of aryl methyl sites for hydroxylation is 2. The molecule has 0 aliphatic rings. The Balaban J connectivity index is 1.75. The fraction of sp³-hybridized carbons (Fsp3) is 0.143. The molecule has 3 rings (SSSR count). The van der Waals surface area contributed by atoms with E-state index in [4.69, 9.17) is 4.74 Å². The molecular formula is C21H18N4O2S. The number of carbonyl (C=O) groups excluding carboxylic acids is 1. The molecule has 0 aliphatic carbocycles. The van der Waals surface area contributed by atoms with E-state index in [-0.39, 0.29) is 5.57 Å². The minimum Gasteiger partial charge on any atom is -0.457 e. The van der Waals surface area contributed by atoms with Gasteiger partial charge in [0.05, 0.1) is 0 Å². The minimum atomic E-state index is -0.522. The molecule has 1 heterocycles. The summed E-state index contributed by atoms with van der Waals surface area (Å²) < 4.78 is 5.83. The van der Waals surface area contributed by atoms with Gasteiger partial charge in [0.2, 0.25) is 5.13 Å². The summed E-state index contributed by atoms with van der Waals surface area (Å²) in [5, 5.41) is 21.0. The number of hydrogen-bond donors (Lipinski definition) is 1. The van der Waals surface area contributed by atoms with Crippen LogP contribution in [0.5, 0.6) is 11.5 Å². The van der Waals surface area contributed by atoms with Crippen LogP contribution in [-0.4, -0.2) is 16.1 Å². The van der Waals surface area contributed by atoms with Crippen molar-refractivity contribution in [1.29, 1.82) is 5.26 Å². The highest BCUT2D eigenvalue weighted by Gasteiger charge is 2.12. The molecular weight excluding hydrogens is 372 g/mol. The SMILES string of the molecule is CCc1nnc(NC(=O)/C(C#N)=C/c2cccc(Oc3ccc(C)cc3)c2)s1. The topological polar surface area (TPSA) is 87.9 Å². The van der Waals surface area contributed by atoms with E-state index in [0.29, 0.717) is 22.2 Å². The molecule has 0 aliphatic heterocycles. The van der Waals surface area contributed by atoms with Gasteiger partial charge >= 0.3 is 0 Å². The van der Waals surface area contributed by atoms with Crippen molar-refractivity contribution in [2.75, 3.05) is 5.32 Å². The number of ether oxygens (including phenoxy) is 1. The maximum atomic E-state index is 12.4. The zero-order valence-corrected chi connectivity index (χ0v) is 16.3. The summed E-state index contributed by atoms with van der Waals surface area (Å²) >= 11 is 1.29. The lowest BCUT2D eigenvalue weighted by Crippen LogP contribution is -2.13. The van der Waals surface area contributed by atoms with Gasteiger partial charge in [0.15, 0.2) is 0 Å². The predicted molar refractivity (Wildman–Crippen MR) is 109 cm³/mol. The van der Waals surface area contributed by atoms with Gasteiger partial charge < -0.3 is 4.74 Å². The monoisotopic (exact) mass is 390 g/mol. The first-order chi connectivity index (χ1) is 13.6. The van der Waals surface area contributed by atoms with Gasteiger partial charge in [-0.2, -0.15) is 5.26 Å². The van der Waals surface area contributed by atoms with Crippen LogP contribution in [0.3, 0.4) is 0 Å². The highest BCUT2D eigenvalue weighted by atomic mass is 32.1. The van der Waals surface area contributed by atoms with Crippen molar-refractivity contribution in [3.8, 4) is 17.6 Å². The maximum Gasteiger partial charge on any atom is 0.268 e. The smallest absolute Gasteiger partial charge is 0.268 e. The lowest BCUT2D eigenvalue weighted by Gasteiger charge is -2.07. The first kappa shape index (κ1) is 19.3. The zero-order valence-electron chi connectivity index (χ0n) is 15.5. The predicted octanol–water partition coefficient (Wildman–Crippen LogP) is 4.75. The molecule has 6 nitrogen and oxygen atoms in total. The second-order valence-corrected chi connectivity index (χ2v) is 7.03. The molecule has 2 aromatic carbocycles. The number of nitriles is 1.